The van der Waals surface area contributed by atoms with Crippen molar-refractivity contribution in [2.75, 3.05) is 13.1 Å². The second-order valence-electron chi connectivity index (χ2n) is 7.20. The molecule has 2 rings (SSSR count). The third-order valence-corrected chi connectivity index (χ3v) is 5.18. The third kappa shape index (κ3) is 7.23. The number of carboxylic acids is 2. The lowest BCUT2D eigenvalue weighted by Gasteiger charge is -2.26. The molecule has 0 aliphatic heterocycles. The smallest absolute Gasteiger partial charge is 0.326 e. The van der Waals surface area contributed by atoms with Gasteiger partial charge in [-0.1, -0.05) is 44.2 Å². The summed E-state index contributed by atoms with van der Waals surface area (Å²) in [7, 11) is 0. The van der Waals surface area contributed by atoms with Crippen molar-refractivity contribution in [3.8, 4) is 10.4 Å². The number of carbonyl (C=O) groups is 3. The number of rotatable bonds is 10. The van der Waals surface area contributed by atoms with Gasteiger partial charge in [-0.05, 0) is 28.5 Å². The lowest BCUT2D eigenvalue weighted by molar-refractivity contribution is -0.139. The molecule has 156 valence electrons. The van der Waals surface area contributed by atoms with Crippen LogP contribution in [0, 0.1) is 5.92 Å². The van der Waals surface area contributed by atoms with Gasteiger partial charge in [-0.15, -0.1) is 11.3 Å². The molecule has 0 unspecified atom stereocenters. The van der Waals surface area contributed by atoms with Gasteiger partial charge in [-0.3, -0.25) is 4.79 Å². The number of nitrogens with zero attached hydrogens (tertiary/aromatic N) is 1. The van der Waals surface area contributed by atoms with Crippen LogP contribution in [0.2, 0.25) is 0 Å². The van der Waals surface area contributed by atoms with E-state index in [-0.39, 0.29) is 25.3 Å². The molecular formula is C21H26N2O5S. The van der Waals surface area contributed by atoms with Crippen molar-refractivity contribution in [1.29, 1.82) is 0 Å². The molecule has 2 aromatic rings. The van der Waals surface area contributed by atoms with Crippen LogP contribution in [0.3, 0.4) is 0 Å². The fourth-order valence-electron chi connectivity index (χ4n) is 2.87. The summed E-state index contributed by atoms with van der Waals surface area (Å²) in [6.07, 6.45) is -0.0533. The van der Waals surface area contributed by atoms with E-state index in [1.54, 1.807) is 11.3 Å². The van der Waals surface area contributed by atoms with Crippen molar-refractivity contribution < 1.29 is 24.6 Å². The minimum absolute atomic E-state index is 0.0290. The quantitative estimate of drug-likeness (QED) is 0.547. The van der Waals surface area contributed by atoms with Gasteiger partial charge in [0.1, 0.15) is 6.04 Å². The molecule has 0 fully saturated rings. The van der Waals surface area contributed by atoms with Gasteiger partial charge in [-0.25, -0.2) is 9.59 Å². The summed E-state index contributed by atoms with van der Waals surface area (Å²) in [4.78, 5) is 37.6. The average Bonchev–Trinajstić information content (AvgIpc) is 3.19. The summed E-state index contributed by atoms with van der Waals surface area (Å²) >= 11 is 1.63. The highest BCUT2D eigenvalue weighted by Crippen LogP contribution is 2.24. The van der Waals surface area contributed by atoms with Gasteiger partial charge in [0.15, 0.2) is 0 Å². The number of benzene rings is 1. The average molecular weight is 419 g/mol. The number of thiophene rings is 1. The molecule has 1 aromatic heterocycles. The second-order valence-corrected chi connectivity index (χ2v) is 8.15. The van der Waals surface area contributed by atoms with Crippen LogP contribution in [0.4, 0.5) is 4.79 Å². The van der Waals surface area contributed by atoms with E-state index in [0.717, 1.165) is 16.0 Å². The van der Waals surface area contributed by atoms with E-state index >= 15 is 0 Å². The van der Waals surface area contributed by atoms with Crippen LogP contribution in [0.25, 0.3) is 10.4 Å². The second kappa shape index (κ2) is 10.6. The number of hydrogen-bond donors (Lipinski definition) is 3. The number of hydrogen-bond acceptors (Lipinski definition) is 4. The predicted molar refractivity (Wildman–Crippen MR) is 112 cm³/mol. The van der Waals surface area contributed by atoms with Gasteiger partial charge in [0.2, 0.25) is 0 Å². The molecule has 0 radical (unpaired) electrons. The summed E-state index contributed by atoms with van der Waals surface area (Å²) in [6.45, 7) is 4.19. The van der Waals surface area contributed by atoms with E-state index in [1.807, 2.05) is 55.6 Å². The van der Waals surface area contributed by atoms with Gasteiger partial charge < -0.3 is 20.4 Å². The zero-order valence-corrected chi connectivity index (χ0v) is 17.3. The molecular weight excluding hydrogens is 392 g/mol. The first-order chi connectivity index (χ1) is 13.8. The fourth-order valence-corrected chi connectivity index (χ4v) is 3.60. The lowest BCUT2D eigenvalue weighted by Crippen LogP contribution is -2.50. The highest BCUT2D eigenvalue weighted by atomic mass is 32.1. The monoisotopic (exact) mass is 418 g/mol. The number of aliphatic carboxylic acids is 2. The molecule has 0 aliphatic rings. The largest absolute Gasteiger partial charge is 0.481 e. The van der Waals surface area contributed by atoms with Crippen molar-refractivity contribution in [3.63, 3.8) is 0 Å². The minimum Gasteiger partial charge on any atom is -0.481 e. The Labute approximate surface area is 174 Å². The molecule has 1 heterocycles. The summed E-state index contributed by atoms with van der Waals surface area (Å²) in [6, 6.07) is 9.88. The molecule has 1 aromatic carbocycles. The minimum atomic E-state index is -1.14. The number of urea groups is 1. The van der Waals surface area contributed by atoms with Crippen molar-refractivity contribution >= 4 is 29.3 Å². The molecule has 0 spiro atoms. The molecule has 0 saturated carbocycles. The Balaban J connectivity index is 2.04. The van der Waals surface area contributed by atoms with Crippen LogP contribution in [-0.4, -0.2) is 52.2 Å². The zero-order chi connectivity index (χ0) is 21.4. The van der Waals surface area contributed by atoms with Gasteiger partial charge in [0.05, 0.1) is 6.42 Å². The van der Waals surface area contributed by atoms with E-state index in [2.05, 4.69) is 5.32 Å². The zero-order valence-electron chi connectivity index (χ0n) is 16.5. The molecule has 7 nitrogen and oxygen atoms in total. The van der Waals surface area contributed by atoms with Gasteiger partial charge in [-0.2, -0.15) is 0 Å². The van der Waals surface area contributed by atoms with E-state index in [1.165, 1.54) is 4.90 Å². The summed E-state index contributed by atoms with van der Waals surface area (Å²) in [5, 5.41) is 23.0. The Hall–Kier alpha value is -2.87. The third-order valence-electron chi connectivity index (χ3n) is 4.26. The molecule has 0 aliphatic carbocycles. The highest BCUT2D eigenvalue weighted by Gasteiger charge is 2.24. The summed E-state index contributed by atoms with van der Waals surface area (Å²) in [5.41, 5.74) is 1.84. The fraction of sp³-hybridized carbons (Fsp3) is 0.381. The van der Waals surface area contributed by atoms with Gasteiger partial charge in [0, 0.05) is 24.4 Å². The number of nitrogens with one attached hydrogen (secondary N) is 1. The first kappa shape index (κ1) is 22.4. The standard InChI is InChI=1S/C21H26N2O5S/c1-14(2)13-23(10-9-19(24)25)21(28)22-17(20(26)27)12-15-5-7-16(8-6-15)18-4-3-11-29-18/h3-8,11,14,17H,9-10,12-13H2,1-2H3,(H,22,28)(H,24,25)(H,26,27)/t17-/m0/s1. The predicted octanol–water partition coefficient (Wildman–Crippen LogP) is 3.55. The normalized spacial score (nSPS) is 11.8. The van der Waals surface area contributed by atoms with Crippen LogP contribution >= 0.6 is 11.3 Å². The maximum Gasteiger partial charge on any atom is 0.326 e. The van der Waals surface area contributed by atoms with E-state index in [4.69, 9.17) is 5.11 Å². The number of carbonyl (C=O) groups excluding carboxylic acids is 1. The first-order valence-electron chi connectivity index (χ1n) is 9.39. The van der Waals surface area contributed by atoms with E-state index in [0.29, 0.717) is 6.54 Å². The van der Waals surface area contributed by atoms with Crippen molar-refractivity contribution in [2.24, 2.45) is 5.92 Å². The molecule has 0 saturated heterocycles. The van der Waals surface area contributed by atoms with Crippen molar-refractivity contribution in [2.45, 2.75) is 32.7 Å². The van der Waals surface area contributed by atoms with Crippen LogP contribution < -0.4 is 5.32 Å². The molecule has 1 atom stereocenters. The number of amides is 2. The number of carboxylic acid groups (broad SMARTS) is 2. The van der Waals surface area contributed by atoms with Crippen LogP contribution in [0.15, 0.2) is 41.8 Å². The molecule has 0 bridgehead atoms. The molecule has 29 heavy (non-hydrogen) atoms. The lowest BCUT2D eigenvalue weighted by atomic mass is 10.0. The Morgan fingerprint density at radius 3 is 2.31 bits per heavy atom. The van der Waals surface area contributed by atoms with Gasteiger partial charge >= 0.3 is 18.0 Å². The van der Waals surface area contributed by atoms with Crippen LogP contribution in [0.1, 0.15) is 25.8 Å². The highest BCUT2D eigenvalue weighted by molar-refractivity contribution is 7.13. The van der Waals surface area contributed by atoms with Crippen LogP contribution in [-0.2, 0) is 16.0 Å². The Morgan fingerprint density at radius 2 is 1.79 bits per heavy atom. The first-order valence-corrected chi connectivity index (χ1v) is 10.3. The SMILES string of the molecule is CC(C)CN(CCC(=O)O)C(=O)N[C@@H](Cc1ccc(-c2cccs2)cc1)C(=O)O. The maximum atomic E-state index is 12.6. The molecule has 2 amide bonds. The van der Waals surface area contributed by atoms with E-state index in [9.17, 15) is 19.5 Å². The molecule has 3 N–H and O–H groups in total. The Kier molecular flexibility index (Phi) is 8.21. The van der Waals surface area contributed by atoms with Crippen molar-refractivity contribution in [1.82, 2.24) is 10.2 Å². The Bertz CT molecular complexity index is 818. The summed E-state index contributed by atoms with van der Waals surface area (Å²) in [5.74, 6) is -2.02. The topological polar surface area (TPSA) is 107 Å². The van der Waals surface area contributed by atoms with Gasteiger partial charge in [0.25, 0.3) is 0 Å². The van der Waals surface area contributed by atoms with Crippen LogP contribution in [0.5, 0.6) is 0 Å². The summed E-state index contributed by atoms with van der Waals surface area (Å²) < 4.78 is 0. The Morgan fingerprint density at radius 1 is 1.10 bits per heavy atom. The van der Waals surface area contributed by atoms with E-state index < -0.39 is 24.0 Å². The maximum absolute atomic E-state index is 12.6. The van der Waals surface area contributed by atoms with Crippen molar-refractivity contribution in [3.05, 3.63) is 47.3 Å². The molecule has 8 heteroatoms.